The van der Waals surface area contributed by atoms with E-state index in [1.165, 1.54) is 4.90 Å². The van der Waals surface area contributed by atoms with Crippen LogP contribution in [0.25, 0.3) is 11.0 Å². The van der Waals surface area contributed by atoms with Gasteiger partial charge in [0, 0.05) is 25.8 Å². The number of carbonyl (C=O) groups is 1. The summed E-state index contributed by atoms with van der Waals surface area (Å²) >= 11 is 12.0. The minimum atomic E-state index is -0.976. The van der Waals surface area contributed by atoms with E-state index in [-0.39, 0.29) is 29.8 Å². The van der Waals surface area contributed by atoms with Crippen LogP contribution in [0.15, 0.2) is 6.20 Å². The van der Waals surface area contributed by atoms with Gasteiger partial charge in [-0.15, -0.1) is 0 Å². The van der Waals surface area contributed by atoms with E-state index in [2.05, 4.69) is 15.0 Å². The van der Waals surface area contributed by atoms with Gasteiger partial charge in [0.15, 0.2) is 0 Å². The lowest BCUT2D eigenvalue weighted by Crippen LogP contribution is -2.28. The Bertz CT molecular complexity index is 738. The highest BCUT2D eigenvalue weighted by molar-refractivity contribution is 6.36. The summed E-state index contributed by atoms with van der Waals surface area (Å²) < 4.78 is 11.1. The number of nitrogens with one attached hydrogen (secondary N) is 1. The molecule has 0 aromatic carbocycles. The van der Waals surface area contributed by atoms with Crippen molar-refractivity contribution in [2.24, 2.45) is 5.92 Å². The normalized spacial score (nSPS) is 21.1. The van der Waals surface area contributed by atoms with E-state index in [0.29, 0.717) is 29.1 Å². The molecule has 1 saturated heterocycles. The van der Waals surface area contributed by atoms with Gasteiger partial charge in [-0.1, -0.05) is 11.6 Å². The standard InChI is InChI=1S/C13H14Cl2N4O4/c1-22-8-4-19(13(20)21)3-6(8)5-23-11-9-7(14)2-16-10(9)17-12(15)18-11/h2,6,8H,3-5H2,1H3,(H,20,21)(H,16,17,18)/t6-,8?/m1/s1. The smallest absolute Gasteiger partial charge is 0.407 e. The maximum Gasteiger partial charge on any atom is 0.407 e. The second kappa shape index (κ2) is 6.38. The van der Waals surface area contributed by atoms with Crippen LogP contribution in [0.2, 0.25) is 10.3 Å². The van der Waals surface area contributed by atoms with Gasteiger partial charge in [-0.3, -0.25) is 0 Å². The number of halogens is 2. The summed E-state index contributed by atoms with van der Waals surface area (Å²) in [5, 5.41) is 10.1. The van der Waals surface area contributed by atoms with Crippen molar-refractivity contribution in [1.82, 2.24) is 19.9 Å². The van der Waals surface area contributed by atoms with Gasteiger partial charge in [0.2, 0.25) is 11.2 Å². The molecule has 124 valence electrons. The van der Waals surface area contributed by atoms with E-state index in [0.717, 1.165) is 0 Å². The summed E-state index contributed by atoms with van der Waals surface area (Å²) in [6.45, 7) is 0.869. The van der Waals surface area contributed by atoms with Crippen molar-refractivity contribution in [3.05, 3.63) is 16.5 Å². The first-order chi connectivity index (χ1) is 11.0. The zero-order valence-electron chi connectivity index (χ0n) is 12.1. The first kappa shape index (κ1) is 16.1. The fourth-order valence-electron chi connectivity index (χ4n) is 2.65. The van der Waals surface area contributed by atoms with Crippen molar-refractivity contribution in [3.8, 4) is 5.88 Å². The summed E-state index contributed by atoms with van der Waals surface area (Å²) in [5.41, 5.74) is 0.479. The van der Waals surface area contributed by atoms with Crippen molar-refractivity contribution in [1.29, 1.82) is 0 Å². The minimum Gasteiger partial charge on any atom is -0.477 e. The number of hydrogen-bond acceptors (Lipinski definition) is 5. The molecule has 0 bridgehead atoms. The number of aromatic amines is 1. The number of H-pyrrole nitrogens is 1. The average molecular weight is 361 g/mol. The lowest BCUT2D eigenvalue weighted by molar-refractivity contribution is 0.0598. The molecule has 23 heavy (non-hydrogen) atoms. The van der Waals surface area contributed by atoms with E-state index < -0.39 is 6.09 Å². The first-order valence-electron chi connectivity index (χ1n) is 6.83. The number of rotatable bonds is 4. The number of fused-ring (bicyclic) bond motifs is 1. The predicted octanol–water partition coefficient (Wildman–Crippen LogP) is 2.27. The van der Waals surface area contributed by atoms with Gasteiger partial charge in [-0.2, -0.15) is 9.97 Å². The van der Waals surface area contributed by atoms with Gasteiger partial charge in [0.25, 0.3) is 0 Å². The molecule has 0 aliphatic carbocycles. The number of ether oxygens (including phenoxy) is 2. The summed E-state index contributed by atoms with van der Waals surface area (Å²) in [7, 11) is 1.55. The zero-order valence-corrected chi connectivity index (χ0v) is 13.6. The molecule has 3 heterocycles. The van der Waals surface area contributed by atoms with Crippen LogP contribution in [-0.4, -0.2) is 64.0 Å². The number of amides is 1. The van der Waals surface area contributed by atoms with Gasteiger partial charge < -0.3 is 24.5 Å². The molecule has 0 radical (unpaired) electrons. The molecular formula is C13H14Cl2N4O4. The van der Waals surface area contributed by atoms with Gasteiger partial charge in [0.1, 0.15) is 5.65 Å². The molecule has 1 unspecified atom stereocenters. The molecule has 10 heteroatoms. The van der Waals surface area contributed by atoms with Crippen molar-refractivity contribution < 1.29 is 19.4 Å². The topological polar surface area (TPSA) is 101 Å². The van der Waals surface area contributed by atoms with Gasteiger partial charge >= 0.3 is 6.09 Å². The highest BCUT2D eigenvalue weighted by Crippen LogP contribution is 2.31. The molecule has 1 aliphatic heterocycles. The maximum absolute atomic E-state index is 11.1. The molecule has 2 aromatic heterocycles. The molecule has 1 aliphatic rings. The molecule has 0 spiro atoms. The Labute approximate surface area is 141 Å². The fraction of sp³-hybridized carbons (Fsp3) is 0.462. The third kappa shape index (κ3) is 3.15. The van der Waals surface area contributed by atoms with Crippen LogP contribution in [0, 0.1) is 5.92 Å². The summed E-state index contributed by atoms with van der Waals surface area (Å²) in [5.74, 6) is 0.146. The van der Waals surface area contributed by atoms with E-state index in [4.69, 9.17) is 37.8 Å². The van der Waals surface area contributed by atoms with Crippen LogP contribution in [-0.2, 0) is 4.74 Å². The summed E-state index contributed by atoms with van der Waals surface area (Å²) in [6.07, 6.45) is 0.361. The van der Waals surface area contributed by atoms with E-state index in [9.17, 15) is 4.79 Å². The minimum absolute atomic E-state index is 0.0351. The molecule has 2 aromatic rings. The van der Waals surface area contributed by atoms with Crippen LogP contribution >= 0.6 is 23.2 Å². The average Bonchev–Trinajstić information content (AvgIpc) is 3.08. The molecule has 2 N–H and O–H groups in total. The fourth-order valence-corrected chi connectivity index (χ4v) is 3.04. The molecule has 1 amide bonds. The predicted molar refractivity (Wildman–Crippen MR) is 83.3 cm³/mol. The lowest BCUT2D eigenvalue weighted by atomic mass is 10.1. The number of methoxy groups -OCH3 is 1. The molecular weight excluding hydrogens is 347 g/mol. The van der Waals surface area contributed by atoms with E-state index in [1.54, 1.807) is 13.3 Å². The zero-order chi connectivity index (χ0) is 16.6. The molecule has 1 fully saturated rings. The van der Waals surface area contributed by atoms with Crippen molar-refractivity contribution in [3.63, 3.8) is 0 Å². The second-order valence-electron chi connectivity index (χ2n) is 5.19. The third-order valence-corrected chi connectivity index (χ3v) is 4.28. The number of aromatic nitrogens is 3. The Morgan fingerprint density at radius 1 is 1.48 bits per heavy atom. The van der Waals surface area contributed by atoms with Gasteiger partial charge in [0.05, 0.1) is 29.7 Å². The first-order valence-corrected chi connectivity index (χ1v) is 7.58. The van der Waals surface area contributed by atoms with Crippen LogP contribution in [0.3, 0.4) is 0 Å². The number of carboxylic acid groups (broad SMARTS) is 1. The lowest BCUT2D eigenvalue weighted by Gasteiger charge is -2.17. The summed E-state index contributed by atoms with van der Waals surface area (Å²) in [6, 6.07) is 0. The number of likely N-dealkylation sites (tertiary alicyclic amines) is 1. The van der Waals surface area contributed by atoms with Crippen molar-refractivity contribution in [2.45, 2.75) is 6.10 Å². The molecule has 8 nitrogen and oxygen atoms in total. The molecule has 0 saturated carbocycles. The second-order valence-corrected chi connectivity index (χ2v) is 5.94. The molecule has 3 rings (SSSR count). The van der Waals surface area contributed by atoms with Crippen LogP contribution < -0.4 is 4.74 Å². The van der Waals surface area contributed by atoms with Crippen LogP contribution in [0.1, 0.15) is 0 Å². The Hall–Kier alpha value is -1.77. The Morgan fingerprint density at radius 2 is 2.26 bits per heavy atom. The highest BCUT2D eigenvalue weighted by atomic mass is 35.5. The molecule has 2 atom stereocenters. The Kier molecular flexibility index (Phi) is 4.47. The van der Waals surface area contributed by atoms with E-state index >= 15 is 0 Å². The largest absolute Gasteiger partial charge is 0.477 e. The quantitative estimate of drug-likeness (QED) is 0.811. The number of hydrogen-bond donors (Lipinski definition) is 2. The van der Waals surface area contributed by atoms with E-state index in [1.807, 2.05) is 0 Å². The van der Waals surface area contributed by atoms with Crippen LogP contribution in [0.4, 0.5) is 4.79 Å². The monoisotopic (exact) mass is 360 g/mol. The van der Waals surface area contributed by atoms with Gasteiger partial charge in [-0.25, -0.2) is 4.79 Å². The van der Waals surface area contributed by atoms with Crippen molar-refractivity contribution >= 4 is 40.3 Å². The maximum atomic E-state index is 11.1. The SMILES string of the molecule is COC1CN(C(=O)O)C[C@@H]1COc1nc(Cl)nc2[nH]cc(Cl)c12. The Balaban J connectivity index is 1.78. The number of nitrogens with zero attached hydrogens (tertiary/aromatic N) is 3. The van der Waals surface area contributed by atoms with Crippen LogP contribution in [0.5, 0.6) is 5.88 Å². The third-order valence-electron chi connectivity index (χ3n) is 3.81. The van der Waals surface area contributed by atoms with Gasteiger partial charge in [-0.05, 0) is 11.6 Å². The Morgan fingerprint density at radius 3 is 2.96 bits per heavy atom. The van der Waals surface area contributed by atoms with Crippen molar-refractivity contribution in [2.75, 3.05) is 26.8 Å². The summed E-state index contributed by atoms with van der Waals surface area (Å²) in [4.78, 5) is 23.3. The highest BCUT2D eigenvalue weighted by Gasteiger charge is 2.36.